The van der Waals surface area contributed by atoms with Gasteiger partial charge in [0.2, 0.25) is 0 Å². The first-order valence-electron chi connectivity index (χ1n) is 10.6. The van der Waals surface area contributed by atoms with Crippen LogP contribution in [0.2, 0.25) is 18.1 Å². The lowest BCUT2D eigenvalue weighted by atomic mass is 9.60. The molecule has 0 aromatic carbocycles. The maximum Gasteiger partial charge on any atom is 0.308 e. The van der Waals surface area contributed by atoms with Crippen LogP contribution in [-0.2, 0) is 14.0 Å². The fourth-order valence-corrected chi connectivity index (χ4v) is 5.30. The second-order valence-corrected chi connectivity index (χ2v) is 15.0. The zero-order chi connectivity index (χ0) is 20.5. The fourth-order valence-electron chi connectivity index (χ4n) is 4.32. The van der Waals surface area contributed by atoms with Gasteiger partial charge in [0.25, 0.3) is 0 Å². The zero-order valence-corrected chi connectivity index (χ0v) is 19.4. The highest BCUT2D eigenvalue weighted by Crippen LogP contribution is 2.49. The SMILES string of the molecule is CCOC(=O)CC1(O)CC[C@@H](C)[C@@H]2CCC(CO[Si](C)(C)C(C)(C)C)=CC21. The van der Waals surface area contributed by atoms with Crippen molar-refractivity contribution in [2.75, 3.05) is 13.2 Å². The summed E-state index contributed by atoms with van der Waals surface area (Å²) in [6, 6.07) is 0. The Hall–Kier alpha value is -0.653. The number of carbonyl (C=O) groups excluding carboxylic acids is 1. The fraction of sp³-hybridized carbons (Fsp3) is 0.864. The van der Waals surface area contributed by atoms with E-state index in [-0.39, 0.29) is 23.3 Å². The smallest absolute Gasteiger partial charge is 0.308 e. The average Bonchev–Trinajstić information content (AvgIpc) is 2.56. The second-order valence-electron chi connectivity index (χ2n) is 10.2. The summed E-state index contributed by atoms with van der Waals surface area (Å²) in [5, 5.41) is 11.6. The summed E-state index contributed by atoms with van der Waals surface area (Å²) >= 11 is 0. The molecule has 0 aliphatic heterocycles. The van der Waals surface area contributed by atoms with Gasteiger partial charge in [-0.2, -0.15) is 0 Å². The van der Waals surface area contributed by atoms with Gasteiger partial charge in [0.1, 0.15) is 0 Å². The van der Waals surface area contributed by atoms with Crippen molar-refractivity contribution in [3.05, 3.63) is 11.6 Å². The monoisotopic (exact) mass is 396 g/mol. The summed E-state index contributed by atoms with van der Waals surface area (Å²) in [4.78, 5) is 12.1. The third kappa shape index (κ3) is 5.24. The van der Waals surface area contributed by atoms with Crippen LogP contribution in [0.1, 0.15) is 66.7 Å². The minimum absolute atomic E-state index is 0.0254. The Labute approximate surface area is 166 Å². The van der Waals surface area contributed by atoms with Gasteiger partial charge in [0.15, 0.2) is 8.32 Å². The van der Waals surface area contributed by atoms with E-state index in [2.05, 4.69) is 46.9 Å². The van der Waals surface area contributed by atoms with Crippen molar-refractivity contribution >= 4 is 14.3 Å². The molecule has 1 saturated carbocycles. The van der Waals surface area contributed by atoms with E-state index >= 15 is 0 Å². The topological polar surface area (TPSA) is 55.8 Å². The lowest BCUT2D eigenvalue weighted by Crippen LogP contribution is -2.50. The number of fused-ring (bicyclic) bond motifs is 1. The van der Waals surface area contributed by atoms with Crippen molar-refractivity contribution in [1.82, 2.24) is 0 Å². The number of esters is 1. The maximum absolute atomic E-state index is 12.1. The molecular formula is C22H40O4Si. The Morgan fingerprint density at radius 2 is 2.00 bits per heavy atom. The van der Waals surface area contributed by atoms with Crippen LogP contribution in [-0.4, -0.2) is 38.2 Å². The Morgan fingerprint density at radius 1 is 1.33 bits per heavy atom. The summed E-state index contributed by atoms with van der Waals surface area (Å²) in [5.74, 6) is 0.759. The van der Waals surface area contributed by atoms with Crippen molar-refractivity contribution in [1.29, 1.82) is 0 Å². The van der Waals surface area contributed by atoms with Crippen LogP contribution in [0.15, 0.2) is 11.6 Å². The summed E-state index contributed by atoms with van der Waals surface area (Å²) in [5.41, 5.74) is 0.309. The van der Waals surface area contributed by atoms with Crippen molar-refractivity contribution in [2.45, 2.75) is 90.5 Å². The molecule has 27 heavy (non-hydrogen) atoms. The first-order chi connectivity index (χ1) is 12.4. The molecule has 0 amide bonds. The third-order valence-electron chi connectivity index (χ3n) is 7.24. The van der Waals surface area contributed by atoms with E-state index < -0.39 is 13.9 Å². The van der Waals surface area contributed by atoms with Gasteiger partial charge in [0.05, 0.1) is 25.2 Å². The average molecular weight is 397 g/mol. The molecule has 4 nitrogen and oxygen atoms in total. The first-order valence-corrected chi connectivity index (χ1v) is 13.5. The molecule has 2 unspecified atom stereocenters. The molecule has 0 aromatic heterocycles. The van der Waals surface area contributed by atoms with E-state index in [9.17, 15) is 9.90 Å². The highest BCUT2D eigenvalue weighted by Gasteiger charge is 2.48. The molecule has 4 atom stereocenters. The molecule has 156 valence electrons. The standard InChI is InChI=1S/C22H40O4Si/c1-8-25-20(23)14-22(24)12-11-16(2)18-10-9-17(13-19(18)22)15-26-27(6,7)21(3,4)5/h13,16,18-19,24H,8-12,14-15H2,1-7H3/t16-,18+,19?,22?/m1/s1. The van der Waals surface area contributed by atoms with E-state index in [1.54, 1.807) is 0 Å². The summed E-state index contributed by atoms with van der Waals surface area (Å²) in [6.07, 6.45) is 6.10. The van der Waals surface area contributed by atoms with Gasteiger partial charge in [-0.1, -0.05) is 33.8 Å². The lowest BCUT2D eigenvalue weighted by molar-refractivity contribution is -0.155. The van der Waals surface area contributed by atoms with Crippen LogP contribution >= 0.6 is 0 Å². The van der Waals surface area contributed by atoms with E-state index in [1.807, 2.05) is 6.92 Å². The second kappa shape index (κ2) is 8.38. The molecule has 2 rings (SSSR count). The summed E-state index contributed by atoms with van der Waals surface area (Å²) in [7, 11) is -1.80. The Bertz CT molecular complexity index is 563. The molecule has 0 aromatic rings. The quantitative estimate of drug-likeness (QED) is 0.387. The molecule has 2 aliphatic carbocycles. The maximum atomic E-state index is 12.1. The van der Waals surface area contributed by atoms with Crippen molar-refractivity contribution in [3.8, 4) is 0 Å². The van der Waals surface area contributed by atoms with Crippen LogP contribution in [0.25, 0.3) is 0 Å². The van der Waals surface area contributed by atoms with Crippen molar-refractivity contribution in [3.63, 3.8) is 0 Å². The zero-order valence-electron chi connectivity index (χ0n) is 18.4. The molecule has 1 fully saturated rings. The van der Waals surface area contributed by atoms with Gasteiger partial charge in [-0.25, -0.2) is 0 Å². The van der Waals surface area contributed by atoms with E-state index in [4.69, 9.17) is 9.16 Å². The number of ether oxygens (including phenoxy) is 1. The molecule has 5 heteroatoms. The molecule has 0 bridgehead atoms. The molecular weight excluding hydrogens is 356 g/mol. The number of aliphatic hydroxyl groups is 1. The predicted molar refractivity (Wildman–Crippen MR) is 112 cm³/mol. The number of carbonyl (C=O) groups is 1. The summed E-state index contributed by atoms with van der Waals surface area (Å²) < 4.78 is 11.6. The third-order valence-corrected chi connectivity index (χ3v) is 11.7. The molecule has 0 radical (unpaired) electrons. The largest absolute Gasteiger partial charge is 0.466 e. The minimum atomic E-state index is -1.80. The van der Waals surface area contributed by atoms with E-state index in [1.165, 1.54) is 5.57 Å². The van der Waals surface area contributed by atoms with E-state index in [0.29, 0.717) is 31.5 Å². The van der Waals surface area contributed by atoms with Crippen molar-refractivity contribution < 1.29 is 19.1 Å². The summed E-state index contributed by atoms with van der Waals surface area (Å²) in [6.45, 7) is 16.4. The van der Waals surface area contributed by atoms with Crippen LogP contribution in [0.3, 0.4) is 0 Å². The normalized spacial score (nSPS) is 31.9. The van der Waals surface area contributed by atoms with Crippen LogP contribution in [0.4, 0.5) is 0 Å². The Morgan fingerprint density at radius 3 is 2.59 bits per heavy atom. The molecule has 2 aliphatic rings. The lowest BCUT2D eigenvalue weighted by Gasteiger charge is -2.48. The first kappa shape index (κ1) is 22.6. The Balaban J connectivity index is 2.16. The Kier molecular flexibility index (Phi) is 7.02. The van der Waals surface area contributed by atoms with Gasteiger partial charge in [0, 0.05) is 5.92 Å². The van der Waals surface area contributed by atoms with Gasteiger partial charge in [-0.05, 0) is 68.1 Å². The minimum Gasteiger partial charge on any atom is -0.466 e. The van der Waals surface area contributed by atoms with Gasteiger partial charge in [-0.3, -0.25) is 4.79 Å². The van der Waals surface area contributed by atoms with E-state index in [0.717, 1.165) is 19.3 Å². The van der Waals surface area contributed by atoms with Crippen molar-refractivity contribution in [2.24, 2.45) is 17.8 Å². The number of hydrogen-bond acceptors (Lipinski definition) is 4. The molecule has 0 heterocycles. The molecule has 1 N–H and O–H groups in total. The predicted octanol–water partition coefficient (Wildman–Crippen LogP) is 5.08. The highest BCUT2D eigenvalue weighted by atomic mass is 28.4. The number of rotatable bonds is 6. The molecule has 0 spiro atoms. The van der Waals surface area contributed by atoms with Crippen LogP contribution < -0.4 is 0 Å². The van der Waals surface area contributed by atoms with Gasteiger partial charge in [-0.15, -0.1) is 0 Å². The van der Waals surface area contributed by atoms with Gasteiger partial charge >= 0.3 is 5.97 Å². The molecule has 0 saturated heterocycles. The van der Waals surface area contributed by atoms with Crippen LogP contribution in [0.5, 0.6) is 0 Å². The number of hydrogen-bond donors (Lipinski definition) is 1. The highest BCUT2D eigenvalue weighted by molar-refractivity contribution is 6.74. The van der Waals surface area contributed by atoms with Crippen LogP contribution in [0, 0.1) is 17.8 Å². The van der Waals surface area contributed by atoms with Gasteiger partial charge < -0.3 is 14.3 Å².